The highest BCUT2D eigenvalue weighted by Gasteiger charge is 2.22. The molecule has 1 unspecified atom stereocenters. The van der Waals surface area contributed by atoms with E-state index in [9.17, 15) is 0 Å². The Morgan fingerprint density at radius 3 is 2.19 bits per heavy atom. The first kappa shape index (κ1) is 21.7. The maximum absolute atomic E-state index is 4.41. The van der Waals surface area contributed by atoms with Gasteiger partial charge in [-0.3, -0.25) is 0 Å². The van der Waals surface area contributed by atoms with Crippen LogP contribution in [0.1, 0.15) is 84.8 Å². The lowest BCUT2D eigenvalue weighted by molar-refractivity contribution is 0.284. The van der Waals surface area contributed by atoms with Crippen LogP contribution >= 0.6 is 0 Å². The van der Waals surface area contributed by atoms with Crippen molar-refractivity contribution in [3.05, 3.63) is 65.8 Å². The fourth-order valence-electron chi connectivity index (χ4n) is 4.34. The lowest BCUT2D eigenvalue weighted by Crippen LogP contribution is -2.17. The van der Waals surface area contributed by atoms with Crippen LogP contribution in [0.15, 0.2) is 54.6 Å². The second-order valence-electron chi connectivity index (χ2n) is 10.9. The van der Waals surface area contributed by atoms with Crippen molar-refractivity contribution in [2.24, 2.45) is 16.7 Å². The van der Waals surface area contributed by atoms with Crippen LogP contribution in [0.3, 0.4) is 0 Å². The second-order valence-corrected chi connectivity index (χ2v) is 10.9. The van der Waals surface area contributed by atoms with Gasteiger partial charge in [-0.2, -0.15) is 0 Å². The molecular weight excluding hydrogens is 324 g/mol. The van der Waals surface area contributed by atoms with Crippen molar-refractivity contribution in [1.82, 2.24) is 0 Å². The van der Waals surface area contributed by atoms with E-state index in [0.29, 0.717) is 16.7 Å². The largest absolute Gasteiger partial charge is 0.0998 e. The predicted octanol–water partition coefficient (Wildman–Crippen LogP) is 8.40. The zero-order valence-corrected chi connectivity index (χ0v) is 18.6. The SMILES string of the molecule is C=C(CC(Cc1ccc(C2=CC=CCC2)cc1)CC(C)(C)C)CC(C)(C)C. The average molecular weight is 365 g/mol. The lowest BCUT2D eigenvalue weighted by atomic mass is 9.77. The van der Waals surface area contributed by atoms with Crippen LogP contribution in [-0.2, 0) is 6.42 Å². The van der Waals surface area contributed by atoms with Crippen molar-refractivity contribution >= 4 is 5.57 Å². The van der Waals surface area contributed by atoms with Crippen LogP contribution in [0, 0.1) is 16.7 Å². The van der Waals surface area contributed by atoms with Gasteiger partial charge in [-0.05, 0) is 72.0 Å². The molecule has 0 aliphatic heterocycles. The van der Waals surface area contributed by atoms with Gasteiger partial charge in [0.15, 0.2) is 0 Å². The van der Waals surface area contributed by atoms with Crippen molar-refractivity contribution < 1.29 is 0 Å². The molecule has 27 heavy (non-hydrogen) atoms. The van der Waals surface area contributed by atoms with Gasteiger partial charge in [-0.1, -0.05) is 96.2 Å². The van der Waals surface area contributed by atoms with E-state index in [-0.39, 0.29) is 0 Å². The highest BCUT2D eigenvalue weighted by Crippen LogP contribution is 2.34. The molecule has 1 aliphatic rings. The summed E-state index contributed by atoms with van der Waals surface area (Å²) in [6.07, 6.45) is 13.7. The summed E-state index contributed by atoms with van der Waals surface area (Å²) < 4.78 is 0. The zero-order chi connectivity index (χ0) is 20.1. The smallest absolute Gasteiger partial charge is 0.0224 e. The first-order chi connectivity index (χ1) is 12.5. The molecule has 0 aromatic heterocycles. The van der Waals surface area contributed by atoms with Crippen LogP contribution < -0.4 is 0 Å². The molecule has 0 bridgehead atoms. The third-order valence-electron chi connectivity index (χ3n) is 5.12. The summed E-state index contributed by atoms with van der Waals surface area (Å²) in [5.41, 5.74) is 6.40. The zero-order valence-electron chi connectivity index (χ0n) is 18.6. The van der Waals surface area contributed by atoms with E-state index >= 15 is 0 Å². The minimum Gasteiger partial charge on any atom is -0.0998 e. The summed E-state index contributed by atoms with van der Waals surface area (Å²) in [6.45, 7) is 18.4. The topological polar surface area (TPSA) is 0 Å². The van der Waals surface area contributed by atoms with E-state index < -0.39 is 0 Å². The van der Waals surface area contributed by atoms with E-state index in [0.717, 1.165) is 32.1 Å². The molecule has 0 amide bonds. The van der Waals surface area contributed by atoms with E-state index in [1.165, 1.54) is 28.7 Å². The van der Waals surface area contributed by atoms with Gasteiger partial charge in [0, 0.05) is 0 Å². The van der Waals surface area contributed by atoms with Crippen molar-refractivity contribution in [1.29, 1.82) is 0 Å². The predicted molar refractivity (Wildman–Crippen MR) is 122 cm³/mol. The molecule has 0 saturated carbocycles. The molecule has 0 heterocycles. The molecule has 1 aliphatic carbocycles. The Hall–Kier alpha value is -1.56. The van der Waals surface area contributed by atoms with Gasteiger partial charge in [0.2, 0.25) is 0 Å². The van der Waals surface area contributed by atoms with Crippen molar-refractivity contribution in [2.45, 2.75) is 80.1 Å². The van der Waals surface area contributed by atoms with Crippen LogP contribution in [0.25, 0.3) is 5.57 Å². The number of rotatable bonds is 7. The molecule has 0 saturated heterocycles. The number of benzene rings is 1. The molecule has 0 radical (unpaired) electrons. The molecular formula is C27H40. The summed E-state index contributed by atoms with van der Waals surface area (Å²) >= 11 is 0. The molecule has 0 nitrogen and oxygen atoms in total. The number of allylic oxidation sites excluding steroid dienone is 5. The van der Waals surface area contributed by atoms with E-state index in [1.807, 2.05) is 0 Å². The quantitative estimate of drug-likeness (QED) is 0.426. The van der Waals surface area contributed by atoms with Crippen molar-refractivity contribution in [2.75, 3.05) is 0 Å². The van der Waals surface area contributed by atoms with Crippen LogP contribution in [0.2, 0.25) is 0 Å². The Balaban J connectivity index is 2.06. The molecule has 148 valence electrons. The second kappa shape index (κ2) is 9.09. The van der Waals surface area contributed by atoms with Gasteiger partial charge in [-0.25, -0.2) is 0 Å². The summed E-state index contributed by atoms with van der Waals surface area (Å²) in [4.78, 5) is 0. The maximum Gasteiger partial charge on any atom is -0.0224 e. The summed E-state index contributed by atoms with van der Waals surface area (Å²) in [5, 5.41) is 0. The van der Waals surface area contributed by atoms with Crippen LogP contribution in [-0.4, -0.2) is 0 Å². The molecule has 1 aromatic carbocycles. The van der Waals surface area contributed by atoms with E-state index in [1.54, 1.807) is 0 Å². The maximum atomic E-state index is 4.41. The number of hydrogen-bond acceptors (Lipinski definition) is 0. The summed E-state index contributed by atoms with van der Waals surface area (Å²) in [5.74, 6) is 0.669. The van der Waals surface area contributed by atoms with E-state index in [4.69, 9.17) is 0 Å². The molecule has 2 rings (SSSR count). The Labute approximate surface area is 168 Å². The molecule has 0 fully saturated rings. The van der Waals surface area contributed by atoms with Crippen LogP contribution in [0.4, 0.5) is 0 Å². The minimum atomic E-state index is 0.327. The number of hydrogen-bond donors (Lipinski definition) is 0. The Bertz CT molecular complexity index is 668. The Morgan fingerprint density at radius 2 is 1.67 bits per heavy atom. The van der Waals surface area contributed by atoms with Gasteiger partial charge in [0.05, 0.1) is 0 Å². The molecule has 1 atom stereocenters. The standard InChI is InChI=1S/C27H40/c1-21(19-26(2,3)4)17-23(20-27(5,6)7)18-22-13-15-25(16-14-22)24-11-9-8-10-12-24/h8-9,11,13-16,23H,1,10,12,17-20H2,2-7H3. The highest BCUT2D eigenvalue weighted by molar-refractivity contribution is 5.68. The van der Waals surface area contributed by atoms with Gasteiger partial charge in [-0.15, -0.1) is 0 Å². The minimum absolute atomic E-state index is 0.327. The van der Waals surface area contributed by atoms with E-state index in [2.05, 4.69) is 90.6 Å². The Kier molecular flexibility index (Phi) is 7.32. The summed E-state index contributed by atoms with van der Waals surface area (Å²) in [6, 6.07) is 9.32. The first-order valence-corrected chi connectivity index (χ1v) is 10.6. The molecule has 0 spiro atoms. The van der Waals surface area contributed by atoms with Crippen LogP contribution in [0.5, 0.6) is 0 Å². The molecule has 0 heteroatoms. The van der Waals surface area contributed by atoms with Gasteiger partial charge >= 0.3 is 0 Å². The normalized spacial score (nSPS) is 16.1. The first-order valence-electron chi connectivity index (χ1n) is 10.6. The van der Waals surface area contributed by atoms with Gasteiger partial charge in [0.25, 0.3) is 0 Å². The fraction of sp³-hybridized carbons (Fsp3) is 0.556. The fourth-order valence-corrected chi connectivity index (χ4v) is 4.34. The van der Waals surface area contributed by atoms with Gasteiger partial charge in [0.1, 0.15) is 0 Å². The Morgan fingerprint density at radius 1 is 1.00 bits per heavy atom. The summed E-state index contributed by atoms with van der Waals surface area (Å²) in [7, 11) is 0. The highest BCUT2D eigenvalue weighted by atomic mass is 14.3. The van der Waals surface area contributed by atoms with Gasteiger partial charge < -0.3 is 0 Å². The lowest BCUT2D eigenvalue weighted by Gasteiger charge is -2.28. The average Bonchev–Trinajstić information content (AvgIpc) is 2.53. The third kappa shape index (κ3) is 8.33. The molecule has 1 aromatic rings. The van der Waals surface area contributed by atoms with Crippen molar-refractivity contribution in [3.8, 4) is 0 Å². The third-order valence-corrected chi connectivity index (χ3v) is 5.12. The molecule has 0 N–H and O–H groups in total. The monoisotopic (exact) mass is 364 g/mol. The van der Waals surface area contributed by atoms with Crippen molar-refractivity contribution in [3.63, 3.8) is 0 Å².